The number of nitrogens with one attached hydrogen (secondary N) is 2. The van der Waals surface area contributed by atoms with Crippen LogP contribution in [0.5, 0.6) is 0 Å². The average molecular weight is 292 g/mol. The van der Waals surface area contributed by atoms with E-state index in [9.17, 15) is 4.79 Å². The monoisotopic (exact) mass is 292 g/mol. The fourth-order valence-corrected chi connectivity index (χ4v) is 2.77. The van der Waals surface area contributed by atoms with Crippen LogP contribution in [0.4, 0.5) is 5.82 Å². The smallest absolute Gasteiger partial charge is 0.252 e. The van der Waals surface area contributed by atoms with Crippen molar-refractivity contribution in [1.29, 1.82) is 0 Å². The molecular weight excluding hydrogens is 264 g/mol. The topological polar surface area (TPSA) is 61.0 Å². The van der Waals surface area contributed by atoms with Gasteiger partial charge < -0.3 is 15.2 Å². The number of hydrogen-bond acceptors (Lipinski definition) is 4. The Bertz CT molecular complexity index is 489. The summed E-state index contributed by atoms with van der Waals surface area (Å²) in [6.07, 6.45) is 3.10. The average Bonchev–Trinajstić information content (AvgIpc) is 2.47. The standard InChI is InChI=1S/C16H28N4O/c1-4-14-18-15(9-16(21)19-14)20-7-5-13(6-8-20)11-17-10-12(2)3/h9,12-13,17H,4-8,10-11H2,1-3H3,(H,18,19,21). The summed E-state index contributed by atoms with van der Waals surface area (Å²) >= 11 is 0. The lowest BCUT2D eigenvalue weighted by Gasteiger charge is -2.33. The van der Waals surface area contributed by atoms with Crippen LogP contribution >= 0.6 is 0 Å². The highest BCUT2D eigenvalue weighted by Gasteiger charge is 2.20. The third-order valence-electron chi connectivity index (χ3n) is 4.04. The van der Waals surface area contributed by atoms with E-state index in [-0.39, 0.29) is 5.56 Å². The van der Waals surface area contributed by atoms with E-state index >= 15 is 0 Å². The summed E-state index contributed by atoms with van der Waals surface area (Å²) in [5.74, 6) is 3.06. The molecule has 0 aromatic carbocycles. The van der Waals surface area contributed by atoms with E-state index in [1.165, 1.54) is 12.8 Å². The molecule has 1 fully saturated rings. The van der Waals surface area contributed by atoms with Crippen LogP contribution in [0.1, 0.15) is 39.4 Å². The number of piperidine rings is 1. The van der Waals surface area contributed by atoms with Crippen molar-refractivity contribution in [1.82, 2.24) is 15.3 Å². The first kappa shape index (κ1) is 16.0. The maximum Gasteiger partial charge on any atom is 0.252 e. The zero-order chi connectivity index (χ0) is 15.2. The molecule has 0 amide bonds. The number of nitrogens with zero attached hydrogens (tertiary/aromatic N) is 2. The minimum atomic E-state index is -0.0439. The van der Waals surface area contributed by atoms with Crippen molar-refractivity contribution in [2.24, 2.45) is 11.8 Å². The molecule has 1 aliphatic rings. The zero-order valence-electron chi connectivity index (χ0n) is 13.5. The van der Waals surface area contributed by atoms with Crippen molar-refractivity contribution in [2.75, 3.05) is 31.1 Å². The first-order chi connectivity index (χ1) is 10.1. The van der Waals surface area contributed by atoms with Gasteiger partial charge in [-0.05, 0) is 37.8 Å². The van der Waals surface area contributed by atoms with Gasteiger partial charge in [0.2, 0.25) is 0 Å². The lowest BCUT2D eigenvalue weighted by atomic mass is 9.96. The summed E-state index contributed by atoms with van der Waals surface area (Å²) < 4.78 is 0. The van der Waals surface area contributed by atoms with E-state index < -0.39 is 0 Å². The third-order valence-corrected chi connectivity index (χ3v) is 4.04. The molecule has 0 bridgehead atoms. The van der Waals surface area contributed by atoms with Gasteiger partial charge in [-0.25, -0.2) is 4.98 Å². The molecule has 0 spiro atoms. The van der Waals surface area contributed by atoms with Crippen LogP contribution < -0.4 is 15.8 Å². The van der Waals surface area contributed by atoms with Gasteiger partial charge in [-0.3, -0.25) is 4.79 Å². The van der Waals surface area contributed by atoms with E-state index in [4.69, 9.17) is 0 Å². The molecule has 1 saturated heterocycles. The molecule has 2 heterocycles. The zero-order valence-corrected chi connectivity index (χ0v) is 13.5. The Morgan fingerprint density at radius 1 is 1.43 bits per heavy atom. The van der Waals surface area contributed by atoms with Crippen LogP contribution in [0, 0.1) is 11.8 Å². The molecule has 0 atom stereocenters. The molecule has 5 heteroatoms. The van der Waals surface area contributed by atoms with Crippen molar-refractivity contribution < 1.29 is 0 Å². The first-order valence-electron chi connectivity index (χ1n) is 8.14. The molecular formula is C16H28N4O. The first-order valence-corrected chi connectivity index (χ1v) is 8.14. The number of aromatic amines is 1. The predicted octanol–water partition coefficient (Wildman–Crippen LogP) is 1.79. The van der Waals surface area contributed by atoms with E-state index in [0.29, 0.717) is 5.92 Å². The number of H-pyrrole nitrogens is 1. The van der Waals surface area contributed by atoms with E-state index in [1.807, 2.05) is 6.92 Å². The quantitative estimate of drug-likeness (QED) is 0.839. The minimum Gasteiger partial charge on any atom is -0.356 e. The number of rotatable bonds is 6. The molecule has 1 aliphatic heterocycles. The summed E-state index contributed by atoms with van der Waals surface area (Å²) in [5, 5.41) is 3.55. The number of hydrogen-bond donors (Lipinski definition) is 2. The number of aryl methyl sites for hydroxylation is 1. The third kappa shape index (κ3) is 4.84. The van der Waals surface area contributed by atoms with Gasteiger partial charge in [-0.15, -0.1) is 0 Å². The lowest BCUT2D eigenvalue weighted by molar-refractivity contribution is 0.373. The van der Waals surface area contributed by atoms with Crippen LogP contribution in [0.25, 0.3) is 0 Å². The second-order valence-electron chi connectivity index (χ2n) is 6.39. The Morgan fingerprint density at radius 2 is 2.14 bits per heavy atom. The molecule has 1 aromatic heterocycles. The van der Waals surface area contributed by atoms with Gasteiger partial charge in [0, 0.05) is 25.6 Å². The van der Waals surface area contributed by atoms with Gasteiger partial charge in [0.15, 0.2) is 0 Å². The second kappa shape index (κ2) is 7.59. The largest absolute Gasteiger partial charge is 0.356 e. The van der Waals surface area contributed by atoms with Crippen LogP contribution in [-0.4, -0.2) is 36.1 Å². The molecule has 2 rings (SSSR count). The normalized spacial score (nSPS) is 16.7. The summed E-state index contributed by atoms with van der Waals surface area (Å²) in [6.45, 7) is 10.7. The molecule has 2 N–H and O–H groups in total. The molecule has 0 saturated carbocycles. The SMILES string of the molecule is CCc1nc(N2CCC(CNCC(C)C)CC2)cc(=O)[nH]1. The minimum absolute atomic E-state index is 0.0439. The predicted molar refractivity (Wildman–Crippen MR) is 86.9 cm³/mol. The fraction of sp³-hybridized carbons (Fsp3) is 0.750. The Morgan fingerprint density at radius 3 is 2.76 bits per heavy atom. The highest BCUT2D eigenvalue weighted by Crippen LogP contribution is 2.20. The lowest BCUT2D eigenvalue weighted by Crippen LogP contribution is -2.38. The summed E-state index contributed by atoms with van der Waals surface area (Å²) in [4.78, 5) is 21.2. The van der Waals surface area contributed by atoms with Crippen molar-refractivity contribution in [3.63, 3.8) is 0 Å². The molecule has 1 aromatic rings. The highest BCUT2D eigenvalue weighted by atomic mass is 16.1. The van der Waals surface area contributed by atoms with Crippen molar-refractivity contribution in [3.8, 4) is 0 Å². The molecule has 5 nitrogen and oxygen atoms in total. The molecule has 118 valence electrons. The maximum absolute atomic E-state index is 11.6. The Balaban J connectivity index is 1.86. The molecule has 0 radical (unpaired) electrons. The summed E-state index contributed by atoms with van der Waals surface area (Å²) in [6, 6.07) is 1.62. The molecule has 21 heavy (non-hydrogen) atoms. The van der Waals surface area contributed by atoms with Gasteiger partial charge in [0.25, 0.3) is 5.56 Å². The van der Waals surface area contributed by atoms with Crippen LogP contribution in [-0.2, 0) is 6.42 Å². The van der Waals surface area contributed by atoms with Gasteiger partial charge >= 0.3 is 0 Å². The van der Waals surface area contributed by atoms with Crippen molar-refractivity contribution in [2.45, 2.75) is 40.0 Å². The fourth-order valence-electron chi connectivity index (χ4n) is 2.77. The number of aromatic nitrogens is 2. The van der Waals surface area contributed by atoms with E-state index in [0.717, 1.165) is 50.2 Å². The van der Waals surface area contributed by atoms with E-state index in [1.54, 1.807) is 6.07 Å². The van der Waals surface area contributed by atoms with Gasteiger partial charge in [0.1, 0.15) is 11.6 Å². The Hall–Kier alpha value is -1.36. The van der Waals surface area contributed by atoms with Gasteiger partial charge in [0.05, 0.1) is 0 Å². The Kier molecular flexibility index (Phi) is 5.79. The van der Waals surface area contributed by atoms with Gasteiger partial charge in [-0.2, -0.15) is 0 Å². The number of anilines is 1. The maximum atomic E-state index is 11.6. The summed E-state index contributed by atoms with van der Waals surface area (Å²) in [7, 11) is 0. The van der Waals surface area contributed by atoms with Crippen molar-refractivity contribution >= 4 is 5.82 Å². The van der Waals surface area contributed by atoms with Crippen LogP contribution in [0.15, 0.2) is 10.9 Å². The Labute approximate surface area is 127 Å². The second-order valence-corrected chi connectivity index (χ2v) is 6.39. The van der Waals surface area contributed by atoms with E-state index in [2.05, 4.69) is 34.0 Å². The van der Waals surface area contributed by atoms with Crippen molar-refractivity contribution in [3.05, 3.63) is 22.2 Å². The van der Waals surface area contributed by atoms with Crippen LogP contribution in [0.2, 0.25) is 0 Å². The van der Waals surface area contributed by atoms with Crippen LogP contribution in [0.3, 0.4) is 0 Å². The molecule has 0 aliphatic carbocycles. The molecule has 0 unspecified atom stereocenters. The highest BCUT2D eigenvalue weighted by molar-refractivity contribution is 5.37. The van der Waals surface area contributed by atoms with Gasteiger partial charge in [-0.1, -0.05) is 20.8 Å². The summed E-state index contributed by atoms with van der Waals surface area (Å²) in [5.41, 5.74) is -0.0439.